The summed E-state index contributed by atoms with van der Waals surface area (Å²) in [5.74, 6) is -1.98. The van der Waals surface area contributed by atoms with Crippen LogP contribution in [0.5, 0.6) is 0 Å². The van der Waals surface area contributed by atoms with E-state index in [0.717, 1.165) is 57.8 Å². The van der Waals surface area contributed by atoms with E-state index in [-0.39, 0.29) is 19.4 Å². The number of carbonyl (C=O) groups excluding carboxylic acids is 2. The number of aliphatic hydroxyl groups excluding tert-OH is 3. The minimum Gasteiger partial charge on any atom is -0.462 e. The van der Waals surface area contributed by atoms with Crippen molar-refractivity contribution in [2.24, 2.45) is 0 Å². The van der Waals surface area contributed by atoms with Gasteiger partial charge in [-0.2, -0.15) is 8.42 Å². The number of esters is 2. The van der Waals surface area contributed by atoms with Crippen LogP contribution >= 0.6 is 0 Å². The zero-order chi connectivity index (χ0) is 42.7. The fourth-order valence-electron chi connectivity index (χ4n) is 7.20. The normalized spacial score (nSPS) is 20.4. The largest absolute Gasteiger partial charge is 0.462 e. The molecular formula is C45H84O12S. The Balaban J connectivity index is 2.44. The molecule has 6 atom stereocenters. The smallest absolute Gasteiger partial charge is 0.306 e. The van der Waals surface area contributed by atoms with Gasteiger partial charge in [-0.15, -0.1) is 0 Å². The van der Waals surface area contributed by atoms with Gasteiger partial charge in [0.05, 0.1) is 6.61 Å². The Labute approximate surface area is 352 Å². The maximum atomic E-state index is 12.8. The molecule has 1 aliphatic rings. The summed E-state index contributed by atoms with van der Waals surface area (Å²) in [5, 5.41) is 30.9. The number of ether oxygens (including phenoxy) is 4. The lowest BCUT2D eigenvalue weighted by Gasteiger charge is -2.40. The standard InChI is InChI=1S/C45H84O12S/c1-3-5-7-9-11-13-15-17-19-20-22-24-26-28-30-32-34-41(47)56-38(36-55-45-44(50)43(49)42(48)39(57-45)37-58(51,52)53)35-54-40(46)33-31-29-27-25-23-21-18-16-14-12-10-8-6-4-2/h19-20,38-39,42-45,48-50H,3-18,21-37H2,1-2H3,(H,51,52,53)/b20-19-. The lowest BCUT2D eigenvalue weighted by atomic mass is 10.00. The minimum atomic E-state index is -4.60. The molecular weight excluding hydrogens is 765 g/mol. The second-order valence-corrected chi connectivity index (χ2v) is 17.9. The van der Waals surface area contributed by atoms with Crippen molar-refractivity contribution in [1.29, 1.82) is 0 Å². The van der Waals surface area contributed by atoms with Crippen molar-refractivity contribution in [1.82, 2.24) is 0 Å². The van der Waals surface area contributed by atoms with Crippen LogP contribution in [-0.4, -0.2) is 96.0 Å². The van der Waals surface area contributed by atoms with Crippen molar-refractivity contribution in [2.45, 2.75) is 243 Å². The molecule has 0 saturated carbocycles. The molecule has 0 amide bonds. The van der Waals surface area contributed by atoms with Crippen LogP contribution < -0.4 is 0 Å². The number of unbranched alkanes of at least 4 members (excludes halogenated alkanes) is 25. The van der Waals surface area contributed by atoms with E-state index in [0.29, 0.717) is 12.8 Å². The zero-order valence-electron chi connectivity index (χ0n) is 36.4. The van der Waals surface area contributed by atoms with Crippen LogP contribution in [0.1, 0.15) is 206 Å². The summed E-state index contributed by atoms with van der Waals surface area (Å²) in [4.78, 5) is 25.4. The first kappa shape index (κ1) is 54.4. The van der Waals surface area contributed by atoms with Crippen LogP contribution in [0, 0.1) is 0 Å². The van der Waals surface area contributed by atoms with Crippen LogP contribution in [0.25, 0.3) is 0 Å². The van der Waals surface area contributed by atoms with Gasteiger partial charge in [-0.05, 0) is 38.5 Å². The monoisotopic (exact) mass is 849 g/mol. The molecule has 0 aromatic heterocycles. The van der Waals surface area contributed by atoms with E-state index in [1.54, 1.807) is 0 Å². The Kier molecular flexibility index (Phi) is 33.8. The van der Waals surface area contributed by atoms with Crippen molar-refractivity contribution >= 4 is 22.1 Å². The Morgan fingerprint density at radius 1 is 0.569 bits per heavy atom. The first-order chi connectivity index (χ1) is 28.0. The van der Waals surface area contributed by atoms with Crippen LogP contribution in [0.15, 0.2) is 12.2 Å². The van der Waals surface area contributed by atoms with E-state index >= 15 is 0 Å². The van der Waals surface area contributed by atoms with E-state index in [1.807, 2.05) is 0 Å². The summed E-state index contributed by atoms with van der Waals surface area (Å²) < 4.78 is 54.1. The molecule has 13 heteroatoms. The van der Waals surface area contributed by atoms with Gasteiger partial charge < -0.3 is 34.3 Å². The van der Waals surface area contributed by atoms with Crippen molar-refractivity contribution < 1.29 is 56.8 Å². The summed E-state index contributed by atoms with van der Waals surface area (Å²) in [5.41, 5.74) is 0. The predicted molar refractivity (Wildman–Crippen MR) is 229 cm³/mol. The summed E-state index contributed by atoms with van der Waals surface area (Å²) in [6.45, 7) is 3.76. The Morgan fingerprint density at radius 3 is 1.43 bits per heavy atom. The third-order valence-electron chi connectivity index (χ3n) is 10.8. The highest BCUT2D eigenvalue weighted by Crippen LogP contribution is 2.24. The van der Waals surface area contributed by atoms with E-state index in [1.165, 1.54) is 109 Å². The average Bonchev–Trinajstić information content (AvgIpc) is 3.18. The van der Waals surface area contributed by atoms with E-state index in [9.17, 15) is 37.9 Å². The summed E-state index contributed by atoms with van der Waals surface area (Å²) in [6.07, 6.45) is 28.2. The Bertz CT molecular complexity index is 1130. The van der Waals surface area contributed by atoms with Gasteiger partial charge in [-0.1, -0.05) is 167 Å². The van der Waals surface area contributed by atoms with Gasteiger partial charge in [-0.25, -0.2) is 0 Å². The molecule has 6 unspecified atom stereocenters. The van der Waals surface area contributed by atoms with Crippen molar-refractivity contribution in [3.05, 3.63) is 12.2 Å². The number of hydrogen-bond acceptors (Lipinski definition) is 11. The quantitative estimate of drug-likeness (QED) is 0.0199. The molecule has 0 aliphatic carbocycles. The summed E-state index contributed by atoms with van der Waals surface area (Å²) in [6, 6.07) is 0. The lowest BCUT2D eigenvalue weighted by Crippen LogP contribution is -2.60. The molecule has 0 radical (unpaired) electrons. The highest BCUT2D eigenvalue weighted by Gasteiger charge is 2.46. The third kappa shape index (κ3) is 30.4. The van der Waals surface area contributed by atoms with Crippen molar-refractivity contribution in [2.75, 3.05) is 19.0 Å². The number of carbonyl (C=O) groups is 2. The molecule has 0 spiro atoms. The van der Waals surface area contributed by atoms with Gasteiger partial charge in [-0.3, -0.25) is 14.1 Å². The molecule has 0 bridgehead atoms. The van der Waals surface area contributed by atoms with Crippen molar-refractivity contribution in [3.8, 4) is 0 Å². The lowest BCUT2D eigenvalue weighted by molar-refractivity contribution is -0.297. The molecule has 1 fully saturated rings. The zero-order valence-corrected chi connectivity index (χ0v) is 37.2. The molecule has 12 nitrogen and oxygen atoms in total. The number of aliphatic hydroxyl groups is 3. The molecule has 1 aliphatic heterocycles. The van der Waals surface area contributed by atoms with Gasteiger partial charge in [0.2, 0.25) is 0 Å². The van der Waals surface area contributed by atoms with Crippen LogP contribution in [0.3, 0.4) is 0 Å². The first-order valence-electron chi connectivity index (χ1n) is 23.2. The van der Waals surface area contributed by atoms with Gasteiger partial charge in [0.1, 0.15) is 36.8 Å². The predicted octanol–water partition coefficient (Wildman–Crippen LogP) is 9.45. The summed E-state index contributed by atoms with van der Waals surface area (Å²) >= 11 is 0. The van der Waals surface area contributed by atoms with Gasteiger partial charge >= 0.3 is 11.9 Å². The third-order valence-corrected chi connectivity index (χ3v) is 11.6. The maximum Gasteiger partial charge on any atom is 0.306 e. The van der Waals surface area contributed by atoms with Crippen LogP contribution in [-0.2, 0) is 38.7 Å². The highest BCUT2D eigenvalue weighted by molar-refractivity contribution is 7.85. The Morgan fingerprint density at radius 2 is 0.983 bits per heavy atom. The fourth-order valence-corrected chi connectivity index (χ4v) is 7.89. The number of hydrogen-bond donors (Lipinski definition) is 4. The first-order valence-corrected chi connectivity index (χ1v) is 24.9. The van der Waals surface area contributed by atoms with Crippen LogP contribution in [0.2, 0.25) is 0 Å². The second kappa shape index (κ2) is 36.1. The van der Waals surface area contributed by atoms with E-state index < -0.39 is 71.2 Å². The van der Waals surface area contributed by atoms with Crippen LogP contribution in [0.4, 0.5) is 0 Å². The molecule has 1 heterocycles. The molecule has 4 N–H and O–H groups in total. The number of rotatable bonds is 39. The van der Waals surface area contributed by atoms with Gasteiger partial charge in [0.15, 0.2) is 12.4 Å². The van der Waals surface area contributed by atoms with Gasteiger partial charge in [0, 0.05) is 12.8 Å². The number of allylic oxidation sites excluding steroid dienone is 2. The Hall–Kier alpha value is -1.61. The molecule has 0 aromatic rings. The van der Waals surface area contributed by atoms with E-state index in [2.05, 4.69) is 26.0 Å². The fraction of sp³-hybridized carbons (Fsp3) is 0.911. The minimum absolute atomic E-state index is 0.158. The SMILES string of the molecule is CCCCCCCCC/C=C\CCCCCCCC(=O)OC(COC(=O)CCCCCCCCCCCCCCCC)COC1OC(CS(=O)(=O)O)C(O)C(O)C1O. The van der Waals surface area contributed by atoms with E-state index in [4.69, 9.17) is 18.9 Å². The second-order valence-electron chi connectivity index (χ2n) is 16.4. The molecule has 58 heavy (non-hydrogen) atoms. The topological polar surface area (TPSA) is 186 Å². The molecule has 1 saturated heterocycles. The summed E-state index contributed by atoms with van der Waals surface area (Å²) in [7, 11) is -4.60. The molecule has 342 valence electrons. The highest BCUT2D eigenvalue weighted by atomic mass is 32.2. The van der Waals surface area contributed by atoms with Crippen molar-refractivity contribution in [3.63, 3.8) is 0 Å². The van der Waals surface area contributed by atoms with Gasteiger partial charge in [0.25, 0.3) is 10.1 Å². The molecule has 1 rings (SSSR count). The molecule has 0 aromatic carbocycles. The average molecular weight is 849 g/mol. The maximum absolute atomic E-state index is 12.8.